The molecule has 1 aromatic heterocycles. The van der Waals surface area contributed by atoms with E-state index >= 15 is 0 Å². The molecule has 0 aromatic carbocycles. The van der Waals surface area contributed by atoms with Gasteiger partial charge in [-0.25, -0.2) is 0 Å². The Morgan fingerprint density at radius 2 is 2.00 bits per heavy atom. The summed E-state index contributed by atoms with van der Waals surface area (Å²) in [5, 5.41) is 7.36. The van der Waals surface area contributed by atoms with Crippen molar-refractivity contribution in [3.05, 3.63) is 29.6 Å². The number of thiocarbonyl (C=S) groups is 1. The topological polar surface area (TPSA) is 44.8 Å². The van der Waals surface area contributed by atoms with E-state index in [0.717, 1.165) is 11.1 Å². The lowest BCUT2D eigenvalue weighted by molar-refractivity contribution is -0.574. The Bertz CT molecular complexity index is 526. The number of rotatable bonds is 4. The molecule has 0 atom stereocenters. The summed E-state index contributed by atoms with van der Waals surface area (Å²) in [5.41, 5.74) is 2.67. The summed E-state index contributed by atoms with van der Waals surface area (Å²) in [6.07, 6.45) is 3.79. The van der Waals surface area contributed by atoms with Crippen LogP contribution in [0.25, 0.3) is 5.70 Å². The fraction of sp³-hybridized carbons (Fsp3) is 0.308. The van der Waals surface area contributed by atoms with Gasteiger partial charge in [0.2, 0.25) is 0 Å². The average molecular weight is 279 g/mol. The molecule has 0 bridgehead atoms. The fourth-order valence-corrected chi connectivity index (χ4v) is 2.46. The van der Waals surface area contributed by atoms with Crippen LogP contribution < -0.4 is 4.57 Å². The summed E-state index contributed by atoms with van der Waals surface area (Å²) in [4.78, 5) is 10.9. The van der Waals surface area contributed by atoms with E-state index < -0.39 is 0 Å². The minimum Gasteiger partial charge on any atom is -0.299 e. The zero-order chi connectivity index (χ0) is 13.7. The zero-order valence-electron chi connectivity index (χ0n) is 10.6. The highest BCUT2D eigenvalue weighted by molar-refractivity contribution is 8.24. The number of pyridine rings is 1. The number of aryl methyl sites for hydroxylation is 2. The van der Waals surface area contributed by atoms with Gasteiger partial charge in [-0.1, -0.05) is 24.0 Å². The van der Waals surface area contributed by atoms with Crippen LogP contribution in [0.2, 0.25) is 0 Å². The van der Waals surface area contributed by atoms with E-state index in [4.69, 9.17) is 17.6 Å². The maximum Gasteiger partial charge on any atom is 0.297 e. The number of hydrogen-bond donors (Lipinski definition) is 1. The van der Waals surface area contributed by atoms with E-state index in [9.17, 15) is 4.79 Å². The Kier molecular flexibility index (Phi) is 5.41. The first kappa shape index (κ1) is 14.8. The maximum absolute atomic E-state index is 10.9. The molecule has 1 aromatic rings. The van der Waals surface area contributed by atoms with Gasteiger partial charge >= 0.3 is 0 Å². The van der Waals surface area contributed by atoms with Gasteiger partial charge in [-0.2, -0.15) is 4.57 Å². The first-order chi connectivity index (χ1) is 8.43. The van der Waals surface area contributed by atoms with Gasteiger partial charge < -0.3 is 0 Å². The summed E-state index contributed by atoms with van der Waals surface area (Å²) in [5.74, 6) is 2.75. The third-order valence-electron chi connectivity index (χ3n) is 2.12. The van der Waals surface area contributed by atoms with Crippen LogP contribution >= 0.6 is 24.0 Å². The van der Waals surface area contributed by atoms with Crippen molar-refractivity contribution in [3.8, 4) is 0 Å². The second-order valence-corrected chi connectivity index (χ2v) is 5.70. The molecule has 0 amide bonds. The molecule has 0 aliphatic heterocycles. The second kappa shape index (κ2) is 6.59. The number of carbonyl (C=O) groups excluding carboxylic acids is 1. The highest BCUT2D eigenvalue weighted by Crippen LogP contribution is 2.12. The smallest absolute Gasteiger partial charge is 0.297 e. The van der Waals surface area contributed by atoms with Gasteiger partial charge in [-0.05, 0) is 26.8 Å². The van der Waals surface area contributed by atoms with Crippen LogP contribution in [0.1, 0.15) is 18.1 Å². The molecule has 1 heterocycles. The molecule has 0 saturated heterocycles. The number of aromatic nitrogens is 1. The summed E-state index contributed by atoms with van der Waals surface area (Å²) in [7, 11) is 0. The minimum absolute atomic E-state index is 0.0668. The molecule has 0 unspecified atom stereocenters. The van der Waals surface area contributed by atoms with Crippen molar-refractivity contribution in [3.63, 3.8) is 0 Å². The number of nitrogens with one attached hydrogen (secondary N) is 1. The number of thioether (sulfide) groups is 1. The Morgan fingerprint density at radius 1 is 1.44 bits per heavy atom. The van der Waals surface area contributed by atoms with Crippen LogP contribution in [0.3, 0.4) is 0 Å². The first-order valence-electron chi connectivity index (χ1n) is 5.40. The molecule has 0 saturated carbocycles. The zero-order valence-corrected chi connectivity index (χ0v) is 12.2. The van der Waals surface area contributed by atoms with Crippen molar-refractivity contribution in [1.82, 2.24) is 0 Å². The molecule has 0 radical (unpaired) electrons. The number of ketones is 1. The molecule has 0 aliphatic rings. The van der Waals surface area contributed by atoms with Gasteiger partial charge in [0.25, 0.3) is 5.70 Å². The van der Waals surface area contributed by atoms with E-state index in [1.165, 1.54) is 18.7 Å². The molecule has 0 aliphatic carbocycles. The molecule has 18 heavy (non-hydrogen) atoms. The van der Waals surface area contributed by atoms with Crippen LogP contribution in [0.4, 0.5) is 0 Å². The van der Waals surface area contributed by atoms with Gasteiger partial charge in [-0.3, -0.25) is 10.2 Å². The van der Waals surface area contributed by atoms with E-state index in [2.05, 4.69) is 5.87 Å². The van der Waals surface area contributed by atoms with E-state index in [-0.39, 0.29) is 5.78 Å². The summed E-state index contributed by atoms with van der Waals surface area (Å²) in [6, 6.07) is 2.05. The number of hydrogen-bond acceptors (Lipinski definition) is 4. The van der Waals surface area contributed by atoms with Gasteiger partial charge in [0.05, 0.1) is 11.6 Å². The van der Waals surface area contributed by atoms with E-state index in [1.54, 1.807) is 4.57 Å². The molecule has 0 spiro atoms. The molecule has 94 valence electrons. The quantitative estimate of drug-likeness (QED) is 0.398. The lowest BCUT2D eigenvalue weighted by Gasteiger charge is -2.02. The highest BCUT2D eigenvalue weighted by atomic mass is 32.2. The molecule has 5 heteroatoms. The Labute approximate surface area is 116 Å². The van der Waals surface area contributed by atoms with Gasteiger partial charge in [-0.15, -0.1) is 0 Å². The van der Waals surface area contributed by atoms with Gasteiger partial charge in [0, 0.05) is 11.1 Å². The van der Waals surface area contributed by atoms with Crippen LogP contribution in [0, 0.1) is 19.3 Å². The second-order valence-electron chi connectivity index (χ2n) is 4.05. The third-order valence-corrected chi connectivity index (χ3v) is 3.67. The van der Waals surface area contributed by atoms with Crippen molar-refractivity contribution in [2.45, 2.75) is 20.8 Å². The maximum atomic E-state index is 10.9. The highest BCUT2D eigenvalue weighted by Gasteiger charge is 2.18. The normalized spacial score (nSPS) is 9.72. The van der Waals surface area contributed by atoms with Crippen molar-refractivity contribution >= 4 is 45.5 Å². The number of carbonyl (C=O) groups is 1. The summed E-state index contributed by atoms with van der Waals surface area (Å²) < 4.78 is 2.29. The number of nitrogens with zero attached hydrogens (tertiary/aromatic N) is 1. The Hall–Kier alpha value is -1.29. The first-order valence-corrected chi connectivity index (χ1v) is 6.79. The summed E-state index contributed by atoms with van der Waals surface area (Å²) >= 11 is 6.50. The van der Waals surface area contributed by atoms with Crippen molar-refractivity contribution in [2.75, 3.05) is 5.75 Å². The lowest BCUT2D eigenvalue weighted by Crippen LogP contribution is -2.35. The standard InChI is InChI=1S/C13H15N2OS2/c1-9-4-10(2)7-15(6-9)12(5-14)13(17)18-8-11(3)16/h4,6-7,14H,8H2,1-3H3/q+1. The molecular weight excluding hydrogens is 264 g/mol. The van der Waals surface area contributed by atoms with Crippen LogP contribution in [0.15, 0.2) is 18.5 Å². The predicted molar refractivity (Wildman–Crippen MR) is 79.3 cm³/mol. The van der Waals surface area contributed by atoms with Gasteiger partial charge in [0.15, 0.2) is 16.6 Å². The number of Topliss-reactive ketones (excluding diaryl/α,β-unsaturated/α-hetero) is 1. The fourth-order valence-electron chi connectivity index (χ4n) is 1.50. The van der Waals surface area contributed by atoms with Crippen LogP contribution in [0.5, 0.6) is 0 Å². The molecular formula is C13H15N2OS2+. The molecule has 0 fully saturated rings. The average Bonchev–Trinajstić information content (AvgIpc) is 2.26. The third kappa shape index (κ3) is 4.18. The molecule has 1 N–H and O–H groups in total. The Morgan fingerprint density at radius 3 is 2.44 bits per heavy atom. The van der Waals surface area contributed by atoms with Crippen molar-refractivity contribution in [2.24, 2.45) is 0 Å². The lowest BCUT2D eigenvalue weighted by atomic mass is 10.2. The summed E-state index contributed by atoms with van der Waals surface area (Å²) in [6.45, 7) is 5.49. The van der Waals surface area contributed by atoms with Crippen LogP contribution in [-0.4, -0.2) is 21.6 Å². The molecule has 3 nitrogen and oxygen atoms in total. The largest absolute Gasteiger partial charge is 0.299 e. The monoisotopic (exact) mass is 279 g/mol. The van der Waals surface area contributed by atoms with E-state index in [0.29, 0.717) is 15.6 Å². The Balaban J connectivity index is 3.00. The predicted octanol–water partition coefficient (Wildman–Crippen LogP) is 2.33. The minimum atomic E-state index is 0.0668. The van der Waals surface area contributed by atoms with Gasteiger partial charge in [0.1, 0.15) is 5.78 Å². The van der Waals surface area contributed by atoms with Crippen molar-refractivity contribution < 1.29 is 9.36 Å². The van der Waals surface area contributed by atoms with E-state index in [1.807, 2.05) is 32.3 Å². The van der Waals surface area contributed by atoms with Crippen LogP contribution in [-0.2, 0) is 4.79 Å². The SMILES string of the molecule is CC(=O)CSC(=S)C(=C=N)[n+]1cc(C)cc(C)c1. The molecule has 1 rings (SSSR count). The van der Waals surface area contributed by atoms with Crippen molar-refractivity contribution in [1.29, 1.82) is 5.41 Å².